The van der Waals surface area contributed by atoms with Gasteiger partial charge in [-0.25, -0.2) is 9.87 Å². The summed E-state index contributed by atoms with van der Waals surface area (Å²) in [5, 5.41) is 9.02. The normalized spacial score (nSPS) is 14.8. The third kappa shape index (κ3) is 4.46. The minimum Gasteiger partial charge on any atom is -0.454 e. The molecule has 2 N–H and O–H groups in total. The van der Waals surface area contributed by atoms with Crippen molar-refractivity contribution in [3.05, 3.63) is 94.3 Å². The molecule has 168 valence electrons. The lowest BCUT2D eigenvalue weighted by Crippen LogP contribution is -2.36. The van der Waals surface area contributed by atoms with E-state index in [0.29, 0.717) is 42.3 Å². The molecule has 0 aliphatic carbocycles. The van der Waals surface area contributed by atoms with Crippen LogP contribution in [0, 0.1) is 5.82 Å². The van der Waals surface area contributed by atoms with Gasteiger partial charge >= 0.3 is 0 Å². The number of halogens is 1. The molecule has 0 saturated carbocycles. The monoisotopic (exact) mass is 446 g/mol. The Morgan fingerprint density at radius 3 is 2.67 bits per heavy atom. The maximum Gasteiger partial charge on any atom is 0.254 e. The maximum atomic E-state index is 13.7. The Bertz CT molecular complexity index is 1220. The van der Waals surface area contributed by atoms with E-state index >= 15 is 0 Å². The molecule has 2 heterocycles. The number of ether oxygens (including phenoxy) is 2. The minimum atomic E-state index is -0.330. The molecule has 1 amide bonds. The van der Waals surface area contributed by atoms with Crippen LogP contribution in [-0.2, 0) is 24.3 Å². The van der Waals surface area contributed by atoms with Gasteiger partial charge in [0.05, 0.1) is 0 Å². The number of nitrogens with zero attached hydrogens (tertiary/aromatic N) is 1. The highest BCUT2D eigenvalue weighted by molar-refractivity contribution is 6.24. The third-order valence-electron chi connectivity index (χ3n) is 5.95. The van der Waals surface area contributed by atoms with E-state index in [-0.39, 0.29) is 18.5 Å². The second-order valence-electron chi connectivity index (χ2n) is 8.09. The summed E-state index contributed by atoms with van der Waals surface area (Å²) in [4.78, 5) is 15.6. The van der Waals surface area contributed by atoms with Gasteiger partial charge in [-0.15, -0.1) is 0 Å². The Kier molecular flexibility index (Phi) is 5.81. The van der Waals surface area contributed by atoms with Crippen molar-refractivity contribution in [2.45, 2.75) is 19.5 Å². The molecule has 0 spiro atoms. The average molecular weight is 446 g/mol. The zero-order valence-corrected chi connectivity index (χ0v) is 17.9. The number of carbonyl (C=O) groups is 1. The number of carbonyl (C=O) groups excluding carboxylic acids is 1. The van der Waals surface area contributed by atoms with E-state index in [0.717, 1.165) is 23.1 Å². The molecular weight excluding hydrogens is 423 g/mol. The highest BCUT2D eigenvalue weighted by Crippen LogP contribution is 2.36. The largest absolute Gasteiger partial charge is 0.454 e. The fourth-order valence-electron chi connectivity index (χ4n) is 4.21. The molecule has 2 aliphatic heterocycles. The molecule has 0 fully saturated rings. The minimum absolute atomic E-state index is 0.116. The number of hydroxylamine groups is 1. The quantitative estimate of drug-likeness (QED) is 0.350. The van der Waals surface area contributed by atoms with Gasteiger partial charge in [0.25, 0.3) is 5.91 Å². The van der Waals surface area contributed by atoms with Crippen molar-refractivity contribution in [2.24, 2.45) is 0 Å². The van der Waals surface area contributed by atoms with Crippen LogP contribution in [0.5, 0.6) is 11.5 Å². The van der Waals surface area contributed by atoms with Crippen molar-refractivity contribution in [3.63, 3.8) is 0 Å². The summed E-state index contributed by atoms with van der Waals surface area (Å²) in [5.41, 5.74) is 7.32. The Hall–Kier alpha value is -3.68. The molecule has 0 radical (unpaired) electrons. The highest BCUT2D eigenvalue weighted by Gasteiger charge is 2.26. The fourth-order valence-corrected chi connectivity index (χ4v) is 4.21. The van der Waals surface area contributed by atoms with Gasteiger partial charge in [0.1, 0.15) is 5.82 Å². The summed E-state index contributed by atoms with van der Waals surface area (Å²) >= 11 is 0. The first kappa shape index (κ1) is 21.2. The summed E-state index contributed by atoms with van der Waals surface area (Å²) in [7, 11) is 0. The molecule has 7 heteroatoms. The third-order valence-corrected chi connectivity index (χ3v) is 5.95. The molecule has 0 saturated heterocycles. The van der Waals surface area contributed by atoms with E-state index < -0.39 is 0 Å². The molecule has 3 aromatic rings. The van der Waals surface area contributed by atoms with E-state index in [1.165, 1.54) is 17.7 Å². The molecule has 0 atom stereocenters. The van der Waals surface area contributed by atoms with Gasteiger partial charge in [-0.2, -0.15) is 0 Å². The van der Waals surface area contributed by atoms with Crippen molar-refractivity contribution >= 4 is 17.6 Å². The predicted molar refractivity (Wildman–Crippen MR) is 121 cm³/mol. The van der Waals surface area contributed by atoms with Gasteiger partial charge < -0.3 is 19.6 Å². The lowest BCUT2D eigenvalue weighted by Gasteiger charge is -2.30. The van der Waals surface area contributed by atoms with Crippen molar-refractivity contribution in [1.82, 2.24) is 10.4 Å². The molecule has 5 rings (SSSR count). The zero-order valence-electron chi connectivity index (χ0n) is 17.9. The van der Waals surface area contributed by atoms with Gasteiger partial charge in [0.15, 0.2) is 11.5 Å². The number of amides is 1. The zero-order chi connectivity index (χ0) is 22.8. The van der Waals surface area contributed by atoms with Crippen molar-refractivity contribution in [2.75, 3.05) is 13.3 Å². The van der Waals surface area contributed by atoms with Crippen LogP contribution in [0.3, 0.4) is 0 Å². The van der Waals surface area contributed by atoms with Gasteiger partial charge in [0.2, 0.25) is 6.79 Å². The Balaban J connectivity index is 1.49. The predicted octanol–water partition coefficient (Wildman–Crippen LogP) is 4.16. The molecule has 6 nitrogen and oxygen atoms in total. The highest BCUT2D eigenvalue weighted by atomic mass is 19.1. The number of benzene rings is 3. The average Bonchev–Trinajstić information content (AvgIpc) is 3.31. The van der Waals surface area contributed by atoms with Crippen LogP contribution in [0.25, 0.3) is 11.6 Å². The van der Waals surface area contributed by atoms with E-state index in [9.17, 15) is 9.18 Å². The molecule has 33 heavy (non-hydrogen) atoms. The van der Waals surface area contributed by atoms with Crippen LogP contribution in [0.4, 0.5) is 4.39 Å². The van der Waals surface area contributed by atoms with Crippen LogP contribution >= 0.6 is 0 Å². The molecular formula is C26H23FN2O4. The van der Waals surface area contributed by atoms with Crippen molar-refractivity contribution in [3.8, 4) is 11.5 Å². The molecule has 0 bridgehead atoms. The lowest BCUT2D eigenvalue weighted by atomic mass is 9.95. The number of hydrogen-bond donors (Lipinski definition) is 2. The van der Waals surface area contributed by atoms with Crippen molar-refractivity contribution < 1.29 is 23.9 Å². The lowest BCUT2D eigenvalue weighted by molar-refractivity contribution is -0.125. The first-order chi connectivity index (χ1) is 16.1. The molecule has 3 aromatic carbocycles. The van der Waals surface area contributed by atoms with E-state index in [2.05, 4.69) is 11.5 Å². The molecule has 2 aliphatic rings. The van der Waals surface area contributed by atoms with Crippen LogP contribution in [0.1, 0.15) is 27.8 Å². The Labute approximate surface area is 190 Å². The Morgan fingerprint density at radius 1 is 1.03 bits per heavy atom. The van der Waals surface area contributed by atoms with Crippen LogP contribution in [0.15, 0.2) is 60.7 Å². The summed E-state index contributed by atoms with van der Waals surface area (Å²) in [6.45, 7) is 1.55. The second-order valence-corrected chi connectivity index (χ2v) is 8.09. The van der Waals surface area contributed by atoms with E-state index in [4.69, 9.17) is 14.7 Å². The fraction of sp³-hybridized carbons (Fsp3) is 0.192. The van der Waals surface area contributed by atoms with Gasteiger partial charge in [-0.3, -0.25) is 4.79 Å². The van der Waals surface area contributed by atoms with Crippen molar-refractivity contribution in [1.29, 1.82) is 0 Å². The number of fused-ring (bicyclic) bond motifs is 2. The van der Waals surface area contributed by atoms with Gasteiger partial charge in [0, 0.05) is 25.2 Å². The second kappa shape index (κ2) is 9.05. The van der Waals surface area contributed by atoms with Gasteiger partial charge in [-0.05, 0) is 64.6 Å². The van der Waals surface area contributed by atoms with E-state index in [1.54, 1.807) is 30.3 Å². The SMILES string of the molecule is O=C(C(=Cc1ccc(F)cc1)c1ccc2c(c1)OCO2)N1CCc2ccc(CNO)cc2C1. The number of nitrogens with one attached hydrogen (secondary N) is 1. The standard InChI is InChI=1S/C26H23FN2O4/c27-22-6-2-17(3-7-22)12-23(20-5-8-24-25(13-20)33-16-32-24)26(30)29-10-9-19-4-1-18(14-28-31)11-21(19)15-29/h1-8,11-13,28,31H,9-10,14-16H2. The van der Waals surface area contributed by atoms with Crippen LogP contribution in [0.2, 0.25) is 0 Å². The van der Waals surface area contributed by atoms with Crippen LogP contribution in [-0.4, -0.2) is 29.4 Å². The number of hydrogen-bond acceptors (Lipinski definition) is 5. The van der Waals surface area contributed by atoms with Gasteiger partial charge in [-0.1, -0.05) is 36.4 Å². The molecule has 0 aromatic heterocycles. The summed E-state index contributed by atoms with van der Waals surface area (Å²) in [6, 6.07) is 17.5. The number of rotatable bonds is 5. The first-order valence-electron chi connectivity index (χ1n) is 10.7. The maximum absolute atomic E-state index is 13.7. The topological polar surface area (TPSA) is 71.0 Å². The van der Waals surface area contributed by atoms with Crippen LogP contribution < -0.4 is 15.0 Å². The summed E-state index contributed by atoms with van der Waals surface area (Å²) in [6.07, 6.45) is 2.53. The molecule has 0 unspecified atom stereocenters. The van der Waals surface area contributed by atoms with E-state index in [1.807, 2.05) is 23.1 Å². The smallest absolute Gasteiger partial charge is 0.254 e. The first-order valence-corrected chi connectivity index (χ1v) is 10.7. The summed E-state index contributed by atoms with van der Waals surface area (Å²) < 4.78 is 24.4. The Morgan fingerprint density at radius 2 is 1.85 bits per heavy atom. The summed E-state index contributed by atoms with van der Waals surface area (Å²) in [5.74, 6) is 0.790.